The molecule has 1 heterocycles. The third-order valence-electron chi connectivity index (χ3n) is 3.04. The van der Waals surface area contributed by atoms with Crippen LogP contribution in [0.25, 0.3) is 0 Å². The fraction of sp³-hybridized carbons (Fsp3) is 0.286. The average molecular weight is 304 g/mol. The third-order valence-corrected chi connectivity index (χ3v) is 3.04. The number of nitrogens with one attached hydrogen (secondary N) is 1. The van der Waals surface area contributed by atoms with Crippen LogP contribution in [0, 0.1) is 10.1 Å². The summed E-state index contributed by atoms with van der Waals surface area (Å²) < 4.78 is 6.56. The Morgan fingerprint density at radius 3 is 2.73 bits per heavy atom. The highest BCUT2D eigenvalue weighted by Crippen LogP contribution is 2.28. The Hall–Kier alpha value is -2.90. The van der Waals surface area contributed by atoms with Gasteiger partial charge in [-0.25, -0.2) is 4.68 Å². The lowest BCUT2D eigenvalue weighted by molar-refractivity contribution is -0.385. The summed E-state index contributed by atoms with van der Waals surface area (Å²) in [7, 11) is 1.34. The molecule has 0 saturated heterocycles. The van der Waals surface area contributed by atoms with Crippen LogP contribution in [0.15, 0.2) is 30.5 Å². The van der Waals surface area contributed by atoms with Crippen molar-refractivity contribution < 1.29 is 14.5 Å². The molecule has 0 fully saturated rings. The Balaban J connectivity index is 2.28. The number of amides is 1. The zero-order valence-electron chi connectivity index (χ0n) is 12.4. The van der Waals surface area contributed by atoms with Crippen molar-refractivity contribution in [1.29, 1.82) is 0 Å². The summed E-state index contributed by atoms with van der Waals surface area (Å²) in [5.41, 5.74) is -0.0866. The number of aromatic nitrogens is 2. The summed E-state index contributed by atoms with van der Waals surface area (Å²) in [5, 5.41) is 17.8. The molecule has 0 bridgehead atoms. The van der Waals surface area contributed by atoms with Crippen LogP contribution in [0.5, 0.6) is 5.75 Å². The van der Waals surface area contributed by atoms with Crippen LogP contribution in [0.1, 0.15) is 30.2 Å². The molecular formula is C14H16N4O4. The molecule has 0 spiro atoms. The smallest absolute Gasteiger partial charge is 0.311 e. The molecule has 2 rings (SSSR count). The largest absolute Gasteiger partial charge is 0.490 e. The number of carbonyl (C=O) groups is 1. The van der Waals surface area contributed by atoms with Crippen molar-refractivity contribution in [2.24, 2.45) is 0 Å². The molecule has 116 valence electrons. The Morgan fingerprint density at radius 2 is 2.14 bits per heavy atom. The van der Waals surface area contributed by atoms with E-state index in [0.717, 1.165) is 0 Å². The van der Waals surface area contributed by atoms with E-state index in [-0.39, 0.29) is 23.0 Å². The Labute approximate surface area is 126 Å². The first kappa shape index (κ1) is 15.5. The molecule has 2 aromatic rings. The molecule has 8 heteroatoms. The summed E-state index contributed by atoms with van der Waals surface area (Å²) in [6, 6.07) is 5.79. The maximum Gasteiger partial charge on any atom is 0.311 e. The van der Waals surface area contributed by atoms with Crippen LogP contribution in [0.3, 0.4) is 0 Å². The molecule has 0 saturated carbocycles. The van der Waals surface area contributed by atoms with E-state index in [2.05, 4.69) is 10.4 Å². The number of methoxy groups -OCH3 is 1. The minimum absolute atomic E-state index is 0.0792. The summed E-state index contributed by atoms with van der Waals surface area (Å²) in [4.78, 5) is 22.7. The fourth-order valence-corrected chi connectivity index (χ4v) is 1.99. The van der Waals surface area contributed by atoms with Crippen LogP contribution in [-0.4, -0.2) is 27.7 Å². The quantitative estimate of drug-likeness (QED) is 0.676. The van der Waals surface area contributed by atoms with Gasteiger partial charge in [-0.15, -0.1) is 0 Å². The number of benzene rings is 1. The van der Waals surface area contributed by atoms with Crippen molar-refractivity contribution in [2.45, 2.75) is 19.9 Å². The van der Waals surface area contributed by atoms with Crippen molar-refractivity contribution in [2.75, 3.05) is 12.4 Å². The summed E-state index contributed by atoms with van der Waals surface area (Å²) in [5.74, 6) is 0.181. The van der Waals surface area contributed by atoms with Crippen molar-refractivity contribution in [1.82, 2.24) is 9.78 Å². The van der Waals surface area contributed by atoms with Gasteiger partial charge in [0, 0.05) is 23.7 Å². The number of nitro groups is 1. The molecule has 0 aliphatic carbocycles. The van der Waals surface area contributed by atoms with E-state index in [4.69, 9.17) is 4.74 Å². The van der Waals surface area contributed by atoms with E-state index in [0.29, 0.717) is 5.82 Å². The standard InChI is InChI=1S/C14H16N4O4/c1-9(2)17-13(6-7-15-17)16-14(19)10-4-5-12(22-3)11(8-10)18(20)21/h4-9H,1-3H3,(H,16,19). The van der Waals surface area contributed by atoms with Gasteiger partial charge < -0.3 is 10.1 Å². The first-order valence-corrected chi connectivity index (χ1v) is 6.61. The molecule has 0 aliphatic heterocycles. The maximum absolute atomic E-state index is 12.2. The molecule has 8 nitrogen and oxygen atoms in total. The first-order chi connectivity index (χ1) is 10.4. The minimum Gasteiger partial charge on any atom is -0.490 e. The molecule has 1 N–H and O–H groups in total. The second-order valence-corrected chi connectivity index (χ2v) is 4.85. The summed E-state index contributed by atoms with van der Waals surface area (Å²) in [6.07, 6.45) is 1.58. The van der Waals surface area contributed by atoms with Crippen LogP contribution in [0.2, 0.25) is 0 Å². The van der Waals surface area contributed by atoms with Gasteiger partial charge in [0.25, 0.3) is 5.91 Å². The van der Waals surface area contributed by atoms with Gasteiger partial charge >= 0.3 is 5.69 Å². The van der Waals surface area contributed by atoms with Crippen molar-refractivity contribution in [3.8, 4) is 5.75 Å². The lowest BCUT2D eigenvalue weighted by atomic mass is 10.1. The van der Waals surface area contributed by atoms with E-state index in [1.165, 1.54) is 25.3 Å². The van der Waals surface area contributed by atoms with Gasteiger partial charge in [0.05, 0.1) is 18.2 Å². The highest BCUT2D eigenvalue weighted by atomic mass is 16.6. The monoisotopic (exact) mass is 304 g/mol. The molecular weight excluding hydrogens is 288 g/mol. The van der Waals surface area contributed by atoms with Crippen LogP contribution < -0.4 is 10.1 Å². The number of ether oxygens (including phenoxy) is 1. The van der Waals surface area contributed by atoms with Gasteiger partial charge in [0.15, 0.2) is 5.75 Å². The molecule has 0 unspecified atom stereocenters. The van der Waals surface area contributed by atoms with E-state index in [1.807, 2.05) is 13.8 Å². The molecule has 22 heavy (non-hydrogen) atoms. The molecule has 0 atom stereocenters. The van der Waals surface area contributed by atoms with Gasteiger partial charge in [-0.3, -0.25) is 14.9 Å². The number of carbonyl (C=O) groups excluding carboxylic acids is 1. The number of rotatable bonds is 5. The summed E-state index contributed by atoms with van der Waals surface area (Å²) >= 11 is 0. The summed E-state index contributed by atoms with van der Waals surface area (Å²) in [6.45, 7) is 3.86. The SMILES string of the molecule is COc1ccc(C(=O)Nc2ccnn2C(C)C)cc1[N+](=O)[O-]. The van der Waals surface area contributed by atoms with Gasteiger partial charge in [0.2, 0.25) is 0 Å². The van der Waals surface area contributed by atoms with Gasteiger partial charge in [-0.05, 0) is 26.0 Å². The Morgan fingerprint density at radius 1 is 1.41 bits per heavy atom. The topological polar surface area (TPSA) is 99.3 Å². The van der Waals surface area contributed by atoms with Gasteiger partial charge in [0.1, 0.15) is 5.82 Å². The van der Waals surface area contributed by atoms with E-state index in [1.54, 1.807) is 16.9 Å². The van der Waals surface area contributed by atoms with Gasteiger partial charge in [-0.2, -0.15) is 5.10 Å². The second kappa shape index (κ2) is 6.25. The van der Waals surface area contributed by atoms with E-state index < -0.39 is 10.8 Å². The van der Waals surface area contributed by atoms with Gasteiger partial charge in [-0.1, -0.05) is 0 Å². The Bertz CT molecular complexity index is 709. The fourth-order valence-electron chi connectivity index (χ4n) is 1.99. The van der Waals surface area contributed by atoms with E-state index >= 15 is 0 Å². The zero-order chi connectivity index (χ0) is 16.3. The number of nitro benzene ring substituents is 1. The molecule has 1 aromatic carbocycles. The number of hydrogen-bond donors (Lipinski definition) is 1. The third kappa shape index (κ3) is 3.05. The van der Waals surface area contributed by atoms with Crippen LogP contribution in [0.4, 0.5) is 11.5 Å². The second-order valence-electron chi connectivity index (χ2n) is 4.85. The first-order valence-electron chi connectivity index (χ1n) is 6.61. The highest BCUT2D eigenvalue weighted by molar-refractivity contribution is 6.04. The van der Waals surface area contributed by atoms with Crippen molar-refractivity contribution in [3.05, 3.63) is 46.1 Å². The van der Waals surface area contributed by atoms with Crippen molar-refractivity contribution in [3.63, 3.8) is 0 Å². The molecule has 0 aliphatic rings. The number of nitrogens with zero attached hydrogens (tertiary/aromatic N) is 3. The highest BCUT2D eigenvalue weighted by Gasteiger charge is 2.19. The van der Waals surface area contributed by atoms with Crippen LogP contribution in [-0.2, 0) is 0 Å². The lowest BCUT2D eigenvalue weighted by Gasteiger charge is -2.12. The predicted octanol–water partition coefficient (Wildman–Crippen LogP) is 2.63. The number of anilines is 1. The zero-order valence-corrected chi connectivity index (χ0v) is 12.4. The molecule has 1 amide bonds. The van der Waals surface area contributed by atoms with Crippen molar-refractivity contribution >= 4 is 17.4 Å². The molecule has 1 aromatic heterocycles. The maximum atomic E-state index is 12.2. The van der Waals surface area contributed by atoms with Crippen LogP contribution >= 0.6 is 0 Å². The van der Waals surface area contributed by atoms with E-state index in [9.17, 15) is 14.9 Å². The Kier molecular flexibility index (Phi) is 4.40. The predicted molar refractivity (Wildman–Crippen MR) is 80.2 cm³/mol. The minimum atomic E-state index is -0.589. The number of hydrogen-bond acceptors (Lipinski definition) is 5. The average Bonchev–Trinajstić information content (AvgIpc) is 2.94. The molecule has 0 radical (unpaired) electrons. The normalized spacial score (nSPS) is 10.5. The lowest BCUT2D eigenvalue weighted by Crippen LogP contribution is -2.17.